The zero-order valence-corrected chi connectivity index (χ0v) is 25.7. The highest BCUT2D eigenvalue weighted by Gasteiger charge is 2.72. The first kappa shape index (κ1) is 28.5. The smallest absolute Gasteiger partial charge is 0.309 e. The van der Waals surface area contributed by atoms with Crippen molar-refractivity contribution in [3.05, 3.63) is 0 Å². The van der Waals surface area contributed by atoms with Gasteiger partial charge in [0.05, 0.1) is 5.41 Å². The molecule has 5 rings (SSSR count). The number of ether oxygens (including phenoxy) is 1. The lowest BCUT2D eigenvalue weighted by atomic mass is 9.32. The van der Waals surface area contributed by atoms with Crippen LogP contribution in [0.1, 0.15) is 132 Å². The molecule has 5 aliphatic rings. The lowest BCUT2D eigenvalue weighted by Gasteiger charge is -2.72. The third-order valence-corrected chi connectivity index (χ3v) is 14.4. The van der Waals surface area contributed by atoms with Crippen LogP contribution in [0.2, 0.25) is 0 Å². The van der Waals surface area contributed by atoms with Crippen molar-refractivity contribution in [3.63, 3.8) is 0 Å². The maximum atomic E-state index is 12.9. The third kappa shape index (κ3) is 3.65. The lowest BCUT2D eigenvalue weighted by Crippen LogP contribution is -2.67. The van der Waals surface area contributed by atoms with E-state index in [2.05, 4.69) is 48.5 Å². The molecule has 0 saturated heterocycles. The highest BCUT2D eigenvalue weighted by Crippen LogP contribution is 2.77. The molecule has 0 aliphatic heterocycles. The molecular formula is C34H56O4. The molecule has 5 fully saturated rings. The zero-order valence-electron chi connectivity index (χ0n) is 25.7. The van der Waals surface area contributed by atoms with Gasteiger partial charge in [-0.1, -0.05) is 55.4 Å². The monoisotopic (exact) mass is 528 g/mol. The fraction of sp³-hybridized carbons (Fsp3) is 0.941. The van der Waals surface area contributed by atoms with Gasteiger partial charge in [0, 0.05) is 11.8 Å². The highest BCUT2D eigenvalue weighted by atomic mass is 16.5. The van der Waals surface area contributed by atoms with Crippen molar-refractivity contribution < 1.29 is 19.4 Å². The SMILES string of the molecule is CCCC(=O)O[C@@H]1CC[C@]2(C)[C@H]3CCC4[C@@H]5[C@H](C(C)C)CC[C@]5(C(=O)O)CC[C@@]4(C)[C@]3(C)CC[C@H]2C1(C)C. The van der Waals surface area contributed by atoms with Gasteiger partial charge in [0.2, 0.25) is 0 Å². The van der Waals surface area contributed by atoms with Crippen LogP contribution in [0.15, 0.2) is 0 Å². The number of carboxylic acid groups (broad SMARTS) is 1. The lowest BCUT2D eigenvalue weighted by molar-refractivity contribution is -0.251. The van der Waals surface area contributed by atoms with Gasteiger partial charge in [-0.05, 0) is 122 Å². The van der Waals surface area contributed by atoms with E-state index in [1.165, 1.54) is 25.7 Å². The van der Waals surface area contributed by atoms with Gasteiger partial charge in [0.25, 0.3) is 0 Å². The van der Waals surface area contributed by atoms with E-state index in [0.717, 1.165) is 44.9 Å². The largest absolute Gasteiger partial charge is 0.481 e. The summed E-state index contributed by atoms with van der Waals surface area (Å²) < 4.78 is 6.13. The Morgan fingerprint density at radius 1 is 0.842 bits per heavy atom. The fourth-order valence-corrected chi connectivity index (χ4v) is 12.4. The van der Waals surface area contributed by atoms with Gasteiger partial charge in [0.15, 0.2) is 0 Å². The quantitative estimate of drug-likeness (QED) is 0.363. The van der Waals surface area contributed by atoms with Crippen molar-refractivity contribution in [3.8, 4) is 0 Å². The Balaban J connectivity index is 1.47. The van der Waals surface area contributed by atoms with Crippen molar-refractivity contribution in [1.29, 1.82) is 0 Å². The Morgan fingerprint density at radius 2 is 1.55 bits per heavy atom. The molecule has 0 aromatic heterocycles. The maximum Gasteiger partial charge on any atom is 0.309 e. The van der Waals surface area contributed by atoms with Gasteiger partial charge in [0.1, 0.15) is 6.10 Å². The summed E-state index contributed by atoms with van der Waals surface area (Å²) in [7, 11) is 0. The van der Waals surface area contributed by atoms with Gasteiger partial charge in [-0.15, -0.1) is 0 Å². The van der Waals surface area contributed by atoms with Gasteiger partial charge in [-0.2, -0.15) is 0 Å². The van der Waals surface area contributed by atoms with Crippen LogP contribution in [0.25, 0.3) is 0 Å². The Hall–Kier alpha value is -1.06. The molecule has 0 bridgehead atoms. The summed E-state index contributed by atoms with van der Waals surface area (Å²) in [6.45, 7) is 19.3. The second-order valence-corrected chi connectivity index (χ2v) is 16.2. The minimum Gasteiger partial charge on any atom is -0.481 e. The maximum absolute atomic E-state index is 12.9. The number of hydrogen-bond acceptors (Lipinski definition) is 3. The highest BCUT2D eigenvalue weighted by molar-refractivity contribution is 5.76. The molecule has 38 heavy (non-hydrogen) atoms. The molecule has 4 heteroatoms. The summed E-state index contributed by atoms with van der Waals surface area (Å²) in [6.07, 6.45) is 12.3. The third-order valence-electron chi connectivity index (χ3n) is 14.4. The standard InChI is InChI=1S/C34H56O4/c1-9-10-27(35)38-26-15-16-31(6)24(30(26,4)5)14-17-33(8)25(31)12-11-23-28-22(21(2)3)13-18-34(28,29(36)37)20-19-32(23,33)7/h21-26,28H,9-20H2,1-8H3,(H,36,37)/t22-,23?,24-,25+,26+,28-,31-,32+,33+,34-/m0/s1. The van der Waals surface area contributed by atoms with Crippen LogP contribution in [0.4, 0.5) is 0 Å². The van der Waals surface area contributed by atoms with E-state index in [4.69, 9.17) is 4.74 Å². The molecule has 5 saturated carbocycles. The molecule has 4 nitrogen and oxygen atoms in total. The van der Waals surface area contributed by atoms with Crippen molar-refractivity contribution in [2.24, 2.45) is 62.6 Å². The van der Waals surface area contributed by atoms with E-state index in [1.807, 2.05) is 6.92 Å². The summed E-state index contributed by atoms with van der Waals surface area (Å²) in [5, 5.41) is 10.6. The normalized spacial score (nSPS) is 49.4. The molecule has 0 radical (unpaired) electrons. The van der Waals surface area contributed by atoms with E-state index < -0.39 is 11.4 Å². The van der Waals surface area contributed by atoms with Crippen LogP contribution in [0.3, 0.4) is 0 Å². The zero-order chi connectivity index (χ0) is 27.9. The van der Waals surface area contributed by atoms with Crippen LogP contribution in [-0.2, 0) is 14.3 Å². The molecule has 0 amide bonds. The number of aliphatic carboxylic acids is 1. The van der Waals surface area contributed by atoms with Gasteiger partial charge >= 0.3 is 11.9 Å². The average Bonchev–Trinajstić information content (AvgIpc) is 3.23. The summed E-state index contributed by atoms with van der Waals surface area (Å²) in [5.74, 6) is 2.60. The number of fused-ring (bicyclic) bond motifs is 7. The Kier molecular flexibility index (Phi) is 6.92. The summed E-state index contributed by atoms with van der Waals surface area (Å²) in [6, 6.07) is 0. The van der Waals surface area contributed by atoms with Crippen LogP contribution in [0.5, 0.6) is 0 Å². The van der Waals surface area contributed by atoms with Crippen LogP contribution in [0, 0.1) is 62.6 Å². The first-order valence-corrected chi connectivity index (χ1v) is 16.1. The van der Waals surface area contributed by atoms with Crippen LogP contribution in [-0.4, -0.2) is 23.1 Å². The Morgan fingerprint density at radius 3 is 2.18 bits per heavy atom. The molecule has 5 aliphatic carbocycles. The molecule has 0 aromatic carbocycles. The molecule has 10 atom stereocenters. The van der Waals surface area contributed by atoms with E-state index in [0.29, 0.717) is 41.9 Å². The molecule has 1 N–H and O–H groups in total. The molecule has 216 valence electrons. The Labute approximate surface area is 232 Å². The van der Waals surface area contributed by atoms with Gasteiger partial charge in [-0.25, -0.2) is 0 Å². The van der Waals surface area contributed by atoms with E-state index in [9.17, 15) is 14.7 Å². The minimum atomic E-state index is -0.506. The van der Waals surface area contributed by atoms with Crippen molar-refractivity contribution in [2.45, 2.75) is 139 Å². The van der Waals surface area contributed by atoms with Crippen molar-refractivity contribution >= 4 is 11.9 Å². The van der Waals surface area contributed by atoms with Gasteiger partial charge < -0.3 is 9.84 Å². The second-order valence-electron chi connectivity index (χ2n) is 16.2. The summed E-state index contributed by atoms with van der Waals surface area (Å²) in [4.78, 5) is 25.4. The number of esters is 1. The van der Waals surface area contributed by atoms with Crippen molar-refractivity contribution in [2.75, 3.05) is 0 Å². The number of hydrogen-bond donors (Lipinski definition) is 1. The summed E-state index contributed by atoms with van der Waals surface area (Å²) >= 11 is 0. The van der Waals surface area contributed by atoms with Crippen LogP contribution < -0.4 is 0 Å². The molecule has 0 heterocycles. The second kappa shape index (κ2) is 9.23. The van der Waals surface area contributed by atoms with E-state index in [1.54, 1.807) is 0 Å². The number of rotatable bonds is 5. The molecule has 0 spiro atoms. The predicted octanol–water partition coefficient (Wildman–Crippen LogP) is 8.52. The first-order chi connectivity index (χ1) is 17.7. The number of carbonyl (C=O) groups is 2. The van der Waals surface area contributed by atoms with Crippen LogP contribution >= 0.6 is 0 Å². The molecule has 0 aromatic rings. The fourth-order valence-electron chi connectivity index (χ4n) is 12.4. The number of carboxylic acids is 1. The molecular weight excluding hydrogens is 472 g/mol. The predicted molar refractivity (Wildman–Crippen MR) is 151 cm³/mol. The summed E-state index contributed by atoms with van der Waals surface area (Å²) in [5.41, 5.74) is 0.157. The van der Waals surface area contributed by atoms with E-state index >= 15 is 0 Å². The minimum absolute atomic E-state index is 0.0191. The molecule has 1 unspecified atom stereocenters. The van der Waals surface area contributed by atoms with Gasteiger partial charge in [-0.3, -0.25) is 9.59 Å². The first-order valence-electron chi connectivity index (χ1n) is 16.1. The number of carbonyl (C=O) groups excluding carboxylic acids is 1. The van der Waals surface area contributed by atoms with E-state index in [-0.39, 0.29) is 33.7 Å². The Bertz CT molecular complexity index is 954. The average molecular weight is 529 g/mol. The van der Waals surface area contributed by atoms with Crippen molar-refractivity contribution in [1.82, 2.24) is 0 Å². The topological polar surface area (TPSA) is 63.6 Å².